The fourth-order valence-electron chi connectivity index (χ4n) is 0. The second-order valence-electron chi connectivity index (χ2n) is 0.247. The Morgan fingerprint density at radius 3 is 1.00 bits per heavy atom. The normalized spacial score (nSPS) is 7.20. The summed E-state index contributed by atoms with van der Waals surface area (Å²) in [7, 11) is 0. The second-order valence-corrected chi connectivity index (χ2v) is 2.23. The van der Waals surface area contributed by atoms with Gasteiger partial charge in [-0.05, 0) is 0 Å². The smallest absolute Gasteiger partial charge is 0.0874 e. The Hall–Kier alpha value is 1.52. The standard InChI is InChI=1S/CHCl3.Ir/c2-1(3)4;/h1H;. The molecule has 0 rings (SSSR count). The monoisotopic (exact) mass is 311 g/mol. The van der Waals surface area contributed by atoms with Gasteiger partial charge < -0.3 is 0 Å². The summed E-state index contributed by atoms with van der Waals surface area (Å²) in [4.78, 5) is 0. The predicted molar refractivity (Wildman–Crippen MR) is 21.3 cm³/mol. The zero-order valence-corrected chi connectivity index (χ0v) is 6.71. The number of alkyl halides is 3. The van der Waals surface area contributed by atoms with Gasteiger partial charge in [0.1, 0.15) is 0 Å². The first-order chi connectivity index (χ1) is 1.73. The quantitative estimate of drug-likeness (QED) is 0.600. The zero-order chi connectivity index (χ0) is 3.58. The molecule has 0 aromatic rings. The molecular weight excluding hydrogens is 311 g/mol. The summed E-state index contributed by atoms with van der Waals surface area (Å²) in [5, 5.41) is 0. The molecule has 0 aliphatic rings. The van der Waals surface area contributed by atoms with E-state index in [1.165, 1.54) is 0 Å². The van der Waals surface area contributed by atoms with E-state index < -0.39 is 4.30 Å². The molecule has 0 aliphatic carbocycles. The van der Waals surface area contributed by atoms with Crippen LogP contribution in [0, 0.1) is 0 Å². The number of hydrogen-bond donors (Lipinski definition) is 0. The van der Waals surface area contributed by atoms with Crippen LogP contribution >= 0.6 is 34.8 Å². The first-order valence-corrected chi connectivity index (χ1v) is 1.96. The van der Waals surface area contributed by atoms with Gasteiger partial charge in [0, 0.05) is 20.1 Å². The van der Waals surface area contributed by atoms with Crippen molar-refractivity contribution in [2.45, 2.75) is 4.30 Å². The van der Waals surface area contributed by atoms with Crippen molar-refractivity contribution in [2.75, 3.05) is 0 Å². The molecule has 0 bridgehead atoms. The average Bonchev–Trinajstić information content (AvgIpc) is 0.811. The molecular formula is CHCl3Ir. The number of rotatable bonds is 0. The molecule has 0 N–H and O–H groups in total. The van der Waals surface area contributed by atoms with Crippen LogP contribution in [0.1, 0.15) is 0 Å². The minimum atomic E-state index is -0.750. The van der Waals surface area contributed by atoms with Crippen LogP contribution in [0.5, 0.6) is 0 Å². The molecule has 0 unspecified atom stereocenters. The van der Waals surface area contributed by atoms with Gasteiger partial charge in [0.2, 0.25) is 0 Å². The first-order valence-electron chi connectivity index (χ1n) is 0.655. The molecule has 0 heterocycles. The van der Waals surface area contributed by atoms with Gasteiger partial charge in [0.05, 0.1) is 0 Å². The fraction of sp³-hybridized carbons (Fsp3) is 1.00. The SMILES string of the molecule is ClC(Cl)Cl.[Ir]. The Balaban J connectivity index is 0. The van der Waals surface area contributed by atoms with E-state index in [-0.39, 0.29) is 20.1 Å². The summed E-state index contributed by atoms with van der Waals surface area (Å²) >= 11 is 14.4. The van der Waals surface area contributed by atoms with Gasteiger partial charge in [-0.25, -0.2) is 0 Å². The van der Waals surface area contributed by atoms with E-state index in [4.69, 9.17) is 34.8 Å². The maximum Gasteiger partial charge on any atom is 0.180 e. The Labute approximate surface area is 59.1 Å². The van der Waals surface area contributed by atoms with Crippen molar-refractivity contribution in [2.24, 2.45) is 0 Å². The molecule has 0 atom stereocenters. The maximum absolute atomic E-state index is 4.81. The molecule has 0 fully saturated rings. The summed E-state index contributed by atoms with van der Waals surface area (Å²) < 4.78 is -0.750. The van der Waals surface area contributed by atoms with Gasteiger partial charge in [-0.15, -0.1) is 0 Å². The van der Waals surface area contributed by atoms with Crippen LogP contribution in [0.3, 0.4) is 0 Å². The van der Waals surface area contributed by atoms with Crippen LogP contribution in [0.2, 0.25) is 0 Å². The number of halogens is 3. The van der Waals surface area contributed by atoms with E-state index in [1.54, 1.807) is 0 Å². The Kier molecular flexibility index (Phi) is 10.7. The Morgan fingerprint density at radius 2 is 1.00 bits per heavy atom. The van der Waals surface area contributed by atoms with Crippen molar-refractivity contribution < 1.29 is 20.1 Å². The molecule has 0 amide bonds. The molecule has 5 heavy (non-hydrogen) atoms. The van der Waals surface area contributed by atoms with Crippen LogP contribution in [0.15, 0.2) is 0 Å². The van der Waals surface area contributed by atoms with E-state index >= 15 is 0 Å². The van der Waals surface area contributed by atoms with Crippen molar-refractivity contribution in [3.05, 3.63) is 0 Å². The molecule has 4 heteroatoms. The molecule has 0 aliphatic heterocycles. The molecule has 0 aromatic heterocycles. The van der Waals surface area contributed by atoms with Crippen LogP contribution in [-0.4, -0.2) is 4.30 Å². The fourth-order valence-corrected chi connectivity index (χ4v) is 0. The molecule has 0 saturated heterocycles. The van der Waals surface area contributed by atoms with Gasteiger partial charge in [-0.3, -0.25) is 0 Å². The van der Waals surface area contributed by atoms with Gasteiger partial charge >= 0.3 is 0 Å². The molecule has 0 saturated carbocycles. The van der Waals surface area contributed by atoms with Crippen LogP contribution < -0.4 is 0 Å². The zero-order valence-electron chi connectivity index (χ0n) is 2.04. The summed E-state index contributed by atoms with van der Waals surface area (Å²) in [6.07, 6.45) is 0. The summed E-state index contributed by atoms with van der Waals surface area (Å²) in [6, 6.07) is 0. The Morgan fingerprint density at radius 1 is 1.00 bits per heavy atom. The third-order valence-electron chi connectivity index (χ3n) is 0. The minimum absolute atomic E-state index is 0. The van der Waals surface area contributed by atoms with Gasteiger partial charge in [-0.2, -0.15) is 0 Å². The second kappa shape index (κ2) is 5.52. The Bertz CT molecular complexity index is 11.6. The van der Waals surface area contributed by atoms with Crippen molar-refractivity contribution in [3.8, 4) is 0 Å². The van der Waals surface area contributed by atoms with Gasteiger partial charge in [0.15, 0.2) is 4.30 Å². The summed E-state index contributed by atoms with van der Waals surface area (Å²) in [6.45, 7) is 0. The van der Waals surface area contributed by atoms with Crippen molar-refractivity contribution in [1.29, 1.82) is 0 Å². The van der Waals surface area contributed by atoms with Gasteiger partial charge in [0.25, 0.3) is 0 Å². The van der Waals surface area contributed by atoms with Gasteiger partial charge in [-0.1, -0.05) is 34.8 Å². The van der Waals surface area contributed by atoms with E-state index in [1.807, 2.05) is 0 Å². The van der Waals surface area contributed by atoms with Crippen LogP contribution in [-0.2, 0) is 20.1 Å². The summed E-state index contributed by atoms with van der Waals surface area (Å²) in [5.74, 6) is 0. The molecule has 0 aromatic carbocycles. The predicted octanol–water partition coefficient (Wildman–Crippen LogP) is 1.98. The molecule has 0 nitrogen and oxygen atoms in total. The van der Waals surface area contributed by atoms with E-state index in [0.717, 1.165) is 0 Å². The molecule has 0 spiro atoms. The topological polar surface area (TPSA) is 0 Å². The third-order valence-corrected chi connectivity index (χ3v) is 0. The number of hydrogen-bond acceptors (Lipinski definition) is 0. The minimum Gasteiger partial charge on any atom is -0.0874 e. The third kappa shape index (κ3) is 29.6. The van der Waals surface area contributed by atoms with E-state index in [2.05, 4.69) is 0 Å². The average molecular weight is 312 g/mol. The van der Waals surface area contributed by atoms with Crippen LogP contribution in [0.25, 0.3) is 0 Å². The van der Waals surface area contributed by atoms with Crippen molar-refractivity contribution >= 4 is 34.8 Å². The summed E-state index contributed by atoms with van der Waals surface area (Å²) in [5.41, 5.74) is 0. The van der Waals surface area contributed by atoms with Crippen molar-refractivity contribution in [3.63, 3.8) is 0 Å². The largest absolute Gasteiger partial charge is 0.180 e. The van der Waals surface area contributed by atoms with E-state index in [0.29, 0.717) is 0 Å². The molecule has 35 valence electrons. The van der Waals surface area contributed by atoms with Crippen molar-refractivity contribution in [1.82, 2.24) is 0 Å². The maximum atomic E-state index is 4.81. The first kappa shape index (κ1) is 9.72. The molecule has 1 radical (unpaired) electrons. The van der Waals surface area contributed by atoms with Crippen LogP contribution in [0.4, 0.5) is 0 Å². The van der Waals surface area contributed by atoms with E-state index in [9.17, 15) is 0 Å².